The van der Waals surface area contributed by atoms with Gasteiger partial charge in [-0.25, -0.2) is 0 Å². The van der Waals surface area contributed by atoms with E-state index in [1.165, 1.54) is 49.9 Å². The predicted molar refractivity (Wildman–Crippen MR) is 99.3 cm³/mol. The minimum Gasteiger partial charge on any atom is -0.872 e. The normalized spacial score (nSPS) is 11.0. The van der Waals surface area contributed by atoms with Gasteiger partial charge in [0.25, 0.3) is 10.1 Å². The summed E-state index contributed by atoms with van der Waals surface area (Å²) < 4.78 is 37.2. The first-order chi connectivity index (χ1) is 12.4. The Morgan fingerprint density at radius 2 is 1.63 bits per heavy atom. The van der Waals surface area contributed by atoms with Crippen LogP contribution in [0.1, 0.15) is 51.0 Å². The smallest absolute Gasteiger partial charge is 0.872 e. The van der Waals surface area contributed by atoms with Gasteiger partial charge >= 0.3 is 29.6 Å². The third-order valence-corrected chi connectivity index (χ3v) is 5.02. The molecule has 2 rings (SSSR count). The quantitative estimate of drug-likeness (QED) is 0.373. The topological polar surface area (TPSA) is 86.7 Å². The molecule has 0 aliphatic heterocycles. The largest absolute Gasteiger partial charge is 1.00 e. The van der Waals surface area contributed by atoms with Crippen molar-refractivity contribution in [1.82, 2.24) is 0 Å². The Bertz CT molecular complexity index is 821. The van der Waals surface area contributed by atoms with Crippen molar-refractivity contribution in [2.75, 3.05) is 0 Å². The van der Waals surface area contributed by atoms with Gasteiger partial charge in [0.15, 0.2) is 0 Å². The van der Waals surface area contributed by atoms with Gasteiger partial charge in [0.1, 0.15) is 11.5 Å². The van der Waals surface area contributed by atoms with E-state index in [0.717, 1.165) is 12.8 Å². The molecule has 7 heteroatoms. The molecule has 0 heterocycles. The summed E-state index contributed by atoms with van der Waals surface area (Å²) in [6.45, 7) is 2.18. The summed E-state index contributed by atoms with van der Waals surface area (Å²) in [7, 11) is -4.28. The second kappa shape index (κ2) is 11.7. The van der Waals surface area contributed by atoms with E-state index in [2.05, 4.69) is 6.92 Å². The van der Waals surface area contributed by atoms with E-state index in [4.69, 9.17) is 9.29 Å². The average molecular weight is 400 g/mol. The van der Waals surface area contributed by atoms with Crippen molar-refractivity contribution in [3.05, 3.63) is 48.0 Å². The summed E-state index contributed by atoms with van der Waals surface area (Å²) in [4.78, 5) is -0.234. The van der Waals surface area contributed by atoms with Crippen molar-refractivity contribution in [2.45, 2.75) is 56.8 Å². The van der Waals surface area contributed by atoms with Crippen LogP contribution in [-0.4, -0.2) is 13.0 Å². The number of unbranched alkanes of at least 4 members (excludes halogenated alkanes) is 5. The van der Waals surface area contributed by atoms with Crippen molar-refractivity contribution in [1.29, 1.82) is 0 Å². The second-order valence-electron chi connectivity index (χ2n) is 6.34. The molecular weight excluding hydrogens is 375 g/mol. The van der Waals surface area contributed by atoms with Gasteiger partial charge in [-0.2, -0.15) is 8.42 Å². The molecule has 0 aliphatic rings. The van der Waals surface area contributed by atoms with Crippen LogP contribution in [0.3, 0.4) is 0 Å². The maximum absolute atomic E-state index is 12.0. The van der Waals surface area contributed by atoms with Gasteiger partial charge < -0.3 is 9.84 Å². The monoisotopic (exact) mass is 400 g/mol. The first kappa shape index (κ1) is 24.0. The van der Waals surface area contributed by atoms with Gasteiger partial charge in [0, 0.05) is 6.07 Å². The fraction of sp³-hybridized carbons (Fsp3) is 0.400. The summed E-state index contributed by atoms with van der Waals surface area (Å²) >= 11 is 0. The van der Waals surface area contributed by atoms with Crippen LogP contribution in [0.4, 0.5) is 0 Å². The molecule has 27 heavy (non-hydrogen) atoms. The Morgan fingerprint density at radius 3 is 2.33 bits per heavy atom. The van der Waals surface area contributed by atoms with Gasteiger partial charge in [0.05, 0.1) is 4.90 Å². The van der Waals surface area contributed by atoms with Crippen LogP contribution in [0.2, 0.25) is 0 Å². The number of rotatable bonds is 10. The second-order valence-corrected chi connectivity index (χ2v) is 7.76. The molecule has 1 N–H and O–H groups in total. The Balaban J connectivity index is 0.00000364. The van der Waals surface area contributed by atoms with Crippen LogP contribution in [0.5, 0.6) is 17.2 Å². The fourth-order valence-electron chi connectivity index (χ4n) is 2.74. The minimum atomic E-state index is -4.28. The van der Waals surface area contributed by atoms with Crippen molar-refractivity contribution in [3.63, 3.8) is 0 Å². The minimum absolute atomic E-state index is 0. The van der Waals surface area contributed by atoms with Crippen LogP contribution in [0.25, 0.3) is 0 Å². The molecule has 142 valence electrons. The molecule has 0 atom stereocenters. The molecule has 0 unspecified atom stereocenters. The standard InChI is InChI=1S/C20H26O5S.Na/c1-2-3-4-5-6-7-9-16-14-18(12-13-20(16)21)25-17-10-8-11-19(15-17)26(22,23)24;/h8,10-15,21H,2-7,9H2,1H3,(H,22,23,24);/q;+1/p-1. The number of benzene rings is 2. The number of aryl methyl sites for hydroxylation is 1. The van der Waals surface area contributed by atoms with Gasteiger partial charge in [-0.1, -0.05) is 56.7 Å². The molecule has 2 aromatic rings. The fourth-order valence-corrected chi connectivity index (χ4v) is 3.26. The molecule has 2 aromatic carbocycles. The molecule has 0 spiro atoms. The number of hydrogen-bond donors (Lipinski definition) is 1. The van der Waals surface area contributed by atoms with Crippen LogP contribution in [0.15, 0.2) is 47.4 Å². The number of hydrogen-bond acceptors (Lipinski definition) is 4. The van der Waals surface area contributed by atoms with Crippen LogP contribution < -0.4 is 39.4 Å². The third kappa shape index (κ3) is 8.23. The van der Waals surface area contributed by atoms with Crippen molar-refractivity contribution < 1.29 is 52.4 Å². The zero-order chi connectivity index (χ0) is 19.0. The molecule has 0 aliphatic carbocycles. The molecule has 0 saturated heterocycles. The molecular formula is C20H25NaO5S. The first-order valence-electron chi connectivity index (χ1n) is 8.95. The van der Waals surface area contributed by atoms with E-state index in [0.29, 0.717) is 17.7 Å². The van der Waals surface area contributed by atoms with Crippen LogP contribution >= 0.6 is 0 Å². The zero-order valence-corrected chi connectivity index (χ0v) is 18.8. The molecule has 0 aromatic heterocycles. The van der Waals surface area contributed by atoms with E-state index in [1.807, 2.05) is 0 Å². The van der Waals surface area contributed by atoms with E-state index in [1.54, 1.807) is 18.2 Å². The molecule has 0 bridgehead atoms. The summed E-state index contributed by atoms with van der Waals surface area (Å²) in [6.07, 6.45) is 7.63. The first-order valence-corrected chi connectivity index (χ1v) is 10.4. The van der Waals surface area contributed by atoms with Gasteiger partial charge in [-0.3, -0.25) is 4.55 Å². The Kier molecular flexibility index (Phi) is 10.4. The Labute approximate surface area is 183 Å². The molecule has 0 fully saturated rings. The van der Waals surface area contributed by atoms with Gasteiger partial charge in [0.2, 0.25) is 0 Å². The summed E-state index contributed by atoms with van der Waals surface area (Å²) in [5.74, 6) is 0.736. The summed E-state index contributed by atoms with van der Waals surface area (Å²) in [5, 5.41) is 12.0. The van der Waals surface area contributed by atoms with Gasteiger partial charge in [-0.15, -0.1) is 5.75 Å². The third-order valence-electron chi connectivity index (χ3n) is 4.17. The predicted octanol–water partition coefficient (Wildman–Crippen LogP) is 1.71. The maximum atomic E-state index is 12.0. The Hall–Kier alpha value is -1.05. The van der Waals surface area contributed by atoms with E-state index < -0.39 is 10.1 Å². The molecule has 0 amide bonds. The van der Waals surface area contributed by atoms with Crippen molar-refractivity contribution in [3.8, 4) is 17.2 Å². The van der Waals surface area contributed by atoms with Crippen LogP contribution in [-0.2, 0) is 16.5 Å². The molecule has 5 nitrogen and oxygen atoms in total. The number of ether oxygens (including phenoxy) is 1. The van der Waals surface area contributed by atoms with E-state index >= 15 is 0 Å². The van der Waals surface area contributed by atoms with Crippen LogP contribution in [0, 0.1) is 0 Å². The summed E-state index contributed by atoms with van der Waals surface area (Å²) in [5.41, 5.74) is 0.698. The zero-order valence-electron chi connectivity index (χ0n) is 16.0. The molecule has 0 saturated carbocycles. The SMILES string of the molecule is CCCCCCCCc1cc(Oc2cccc(S(=O)(=O)O)c2)ccc1[O-].[Na+]. The van der Waals surface area contributed by atoms with Crippen molar-refractivity contribution in [2.24, 2.45) is 0 Å². The Morgan fingerprint density at radius 1 is 0.963 bits per heavy atom. The van der Waals surface area contributed by atoms with E-state index in [-0.39, 0.29) is 46.0 Å². The summed E-state index contributed by atoms with van der Waals surface area (Å²) in [6, 6.07) is 10.3. The molecule has 0 radical (unpaired) electrons. The van der Waals surface area contributed by atoms with Crippen molar-refractivity contribution >= 4 is 10.1 Å². The van der Waals surface area contributed by atoms with Gasteiger partial charge in [-0.05, 0) is 37.1 Å². The average Bonchev–Trinajstić information content (AvgIpc) is 2.60. The maximum Gasteiger partial charge on any atom is 1.00 e. The van der Waals surface area contributed by atoms with E-state index in [9.17, 15) is 13.5 Å².